The lowest BCUT2D eigenvalue weighted by atomic mass is 10.0. The molecular formula is C19H26Cl2N2O4. The fraction of sp³-hybridized carbons (Fsp3) is 0.632. The van der Waals surface area contributed by atoms with Crippen molar-refractivity contribution in [3.8, 4) is 11.5 Å². The largest absolute Gasteiger partial charge is 0.493 e. The number of methoxy groups -OCH3 is 2. The lowest BCUT2D eigenvalue weighted by molar-refractivity contribution is -0.126. The molecule has 2 fully saturated rings. The zero-order valence-electron chi connectivity index (χ0n) is 15.9. The molecule has 0 aromatic heterocycles. The molecule has 6 nitrogen and oxygen atoms in total. The monoisotopic (exact) mass is 416 g/mol. The third-order valence-electron chi connectivity index (χ3n) is 5.49. The van der Waals surface area contributed by atoms with E-state index in [1.807, 2.05) is 18.2 Å². The summed E-state index contributed by atoms with van der Waals surface area (Å²) in [5.74, 6) is 1.21. The molecule has 2 unspecified atom stereocenters. The number of carbonyl (C=O) groups excluding carboxylic acids is 1. The highest BCUT2D eigenvalue weighted by atomic mass is 35.5. The minimum Gasteiger partial charge on any atom is -0.493 e. The van der Waals surface area contributed by atoms with Crippen LogP contribution in [0.5, 0.6) is 11.5 Å². The highest BCUT2D eigenvalue weighted by molar-refractivity contribution is 6.53. The van der Waals surface area contributed by atoms with E-state index >= 15 is 0 Å². The molecule has 150 valence electrons. The lowest BCUT2D eigenvalue weighted by Crippen LogP contribution is -2.45. The molecule has 8 heteroatoms. The van der Waals surface area contributed by atoms with Gasteiger partial charge in [-0.1, -0.05) is 6.07 Å². The molecule has 2 aliphatic rings. The van der Waals surface area contributed by atoms with Gasteiger partial charge in [0.1, 0.15) is 4.33 Å². The number of benzene rings is 1. The Morgan fingerprint density at radius 1 is 1.26 bits per heavy atom. The molecule has 1 saturated heterocycles. The van der Waals surface area contributed by atoms with Crippen LogP contribution in [0.4, 0.5) is 0 Å². The summed E-state index contributed by atoms with van der Waals surface area (Å²) >= 11 is 12.3. The van der Waals surface area contributed by atoms with E-state index in [9.17, 15) is 4.79 Å². The number of halogens is 2. The number of morpholine rings is 1. The summed E-state index contributed by atoms with van der Waals surface area (Å²) in [7, 11) is 3.22. The standard InChI is InChI=1S/C19H26Cl2N2O4/c1-18(12-19(18,20)21)17(24)22-11-14(23-6-8-27-9-7-23)13-4-5-15(25-2)16(10-13)26-3/h4-5,10,14H,6-9,11-12H2,1-3H3,(H,22,24). The van der Waals surface area contributed by atoms with Crippen molar-refractivity contribution in [3.05, 3.63) is 23.8 Å². The molecule has 1 aromatic rings. The predicted molar refractivity (Wildman–Crippen MR) is 105 cm³/mol. The van der Waals surface area contributed by atoms with Crippen LogP contribution in [0.15, 0.2) is 18.2 Å². The van der Waals surface area contributed by atoms with Gasteiger partial charge in [0.05, 0.1) is 38.9 Å². The van der Waals surface area contributed by atoms with Gasteiger partial charge in [-0.3, -0.25) is 9.69 Å². The molecular weight excluding hydrogens is 391 g/mol. The Bertz CT molecular complexity index is 694. The number of ether oxygens (including phenoxy) is 3. The first kappa shape index (κ1) is 20.5. The van der Waals surface area contributed by atoms with Gasteiger partial charge in [-0.05, 0) is 31.0 Å². The van der Waals surface area contributed by atoms with Gasteiger partial charge in [0.2, 0.25) is 5.91 Å². The first-order chi connectivity index (χ1) is 12.8. The van der Waals surface area contributed by atoms with Crippen molar-refractivity contribution in [2.24, 2.45) is 5.41 Å². The Kier molecular flexibility index (Phi) is 6.11. The zero-order valence-corrected chi connectivity index (χ0v) is 17.4. The third-order valence-corrected chi connectivity index (χ3v) is 6.60. The van der Waals surface area contributed by atoms with Crippen LogP contribution >= 0.6 is 23.2 Å². The zero-order chi connectivity index (χ0) is 19.7. The summed E-state index contributed by atoms with van der Waals surface area (Å²) in [6.45, 7) is 5.17. The Morgan fingerprint density at radius 2 is 1.89 bits per heavy atom. The molecule has 2 atom stereocenters. The second kappa shape index (κ2) is 8.03. The van der Waals surface area contributed by atoms with Crippen LogP contribution in [0.25, 0.3) is 0 Å². The van der Waals surface area contributed by atoms with Gasteiger partial charge in [-0.25, -0.2) is 0 Å². The SMILES string of the molecule is COc1ccc(C(CNC(=O)C2(C)CC2(Cl)Cl)N2CCOCC2)cc1OC. The van der Waals surface area contributed by atoms with Gasteiger partial charge in [0.25, 0.3) is 0 Å². The number of carbonyl (C=O) groups is 1. The van der Waals surface area contributed by atoms with Crippen LogP contribution in [-0.2, 0) is 9.53 Å². The maximum absolute atomic E-state index is 12.6. The molecule has 1 N–H and O–H groups in total. The van der Waals surface area contributed by atoms with Gasteiger partial charge >= 0.3 is 0 Å². The molecule has 1 heterocycles. The summed E-state index contributed by atoms with van der Waals surface area (Å²) in [6.07, 6.45) is 0.466. The molecule has 3 rings (SSSR count). The van der Waals surface area contributed by atoms with E-state index in [1.54, 1.807) is 21.1 Å². The van der Waals surface area contributed by atoms with Crippen molar-refractivity contribution in [1.82, 2.24) is 10.2 Å². The number of amides is 1. The molecule has 0 bridgehead atoms. The fourth-order valence-electron chi connectivity index (χ4n) is 3.44. The second-order valence-electron chi connectivity index (χ2n) is 7.20. The lowest BCUT2D eigenvalue weighted by Gasteiger charge is -2.35. The van der Waals surface area contributed by atoms with Crippen LogP contribution < -0.4 is 14.8 Å². The molecule has 27 heavy (non-hydrogen) atoms. The molecule has 1 aromatic carbocycles. The van der Waals surface area contributed by atoms with Crippen LogP contribution in [0.1, 0.15) is 24.9 Å². The number of nitrogens with zero attached hydrogens (tertiary/aromatic N) is 1. The van der Waals surface area contributed by atoms with Crippen molar-refractivity contribution in [2.45, 2.75) is 23.7 Å². The summed E-state index contributed by atoms with van der Waals surface area (Å²) < 4.78 is 15.3. The van der Waals surface area contributed by atoms with Crippen LogP contribution in [0.3, 0.4) is 0 Å². The Hall–Kier alpha value is -1.21. The quantitative estimate of drug-likeness (QED) is 0.692. The third kappa shape index (κ3) is 4.14. The first-order valence-corrected chi connectivity index (χ1v) is 9.78. The maximum Gasteiger partial charge on any atom is 0.229 e. The van der Waals surface area contributed by atoms with E-state index < -0.39 is 9.75 Å². The van der Waals surface area contributed by atoms with Gasteiger partial charge in [-0.15, -0.1) is 23.2 Å². The fourth-order valence-corrected chi connectivity index (χ4v) is 4.14. The molecule has 0 spiro atoms. The Labute approximate surface area is 170 Å². The topological polar surface area (TPSA) is 60.0 Å². The number of nitrogens with one attached hydrogen (secondary N) is 1. The minimum absolute atomic E-state index is 0.0138. The van der Waals surface area contributed by atoms with Crippen LogP contribution in [0.2, 0.25) is 0 Å². The van der Waals surface area contributed by atoms with Gasteiger partial charge in [-0.2, -0.15) is 0 Å². The summed E-state index contributed by atoms with van der Waals surface area (Å²) in [4.78, 5) is 14.9. The van der Waals surface area contributed by atoms with Gasteiger partial charge < -0.3 is 19.5 Å². The smallest absolute Gasteiger partial charge is 0.229 e. The van der Waals surface area contributed by atoms with E-state index in [0.29, 0.717) is 37.7 Å². The van der Waals surface area contributed by atoms with E-state index in [4.69, 9.17) is 37.4 Å². The second-order valence-corrected chi connectivity index (χ2v) is 8.69. The number of hydrogen-bond acceptors (Lipinski definition) is 5. The van der Waals surface area contributed by atoms with Crippen molar-refractivity contribution >= 4 is 29.1 Å². The van der Waals surface area contributed by atoms with Gasteiger partial charge in [0, 0.05) is 19.6 Å². The summed E-state index contributed by atoms with van der Waals surface area (Å²) in [5.41, 5.74) is 0.308. The van der Waals surface area contributed by atoms with E-state index in [2.05, 4.69) is 10.2 Å². The van der Waals surface area contributed by atoms with E-state index in [1.165, 1.54) is 0 Å². The molecule has 0 radical (unpaired) electrons. The van der Waals surface area contributed by atoms with Crippen molar-refractivity contribution in [3.63, 3.8) is 0 Å². The molecule has 1 aliphatic carbocycles. The highest BCUT2D eigenvalue weighted by Gasteiger charge is 2.67. The van der Waals surface area contributed by atoms with Crippen LogP contribution in [-0.4, -0.2) is 62.2 Å². The molecule has 1 saturated carbocycles. The average molecular weight is 417 g/mol. The summed E-state index contributed by atoms with van der Waals surface area (Å²) in [5, 5.41) is 3.04. The Morgan fingerprint density at radius 3 is 2.44 bits per heavy atom. The van der Waals surface area contributed by atoms with E-state index in [-0.39, 0.29) is 11.9 Å². The maximum atomic E-state index is 12.6. The van der Waals surface area contributed by atoms with Crippen molar-refractivity contribution in [2.75, 3.05) is 47.1 Å². The average Bonchev–Trinajstić information content (AvgIpc) is 3.21. The van der Waals surface area contributed by atoms with Crippen LogP contribution in [0, 0.1) is 5.41 Å². The van der Waals surface area contributed by atoms with Crippen molar-refractivity contribution < 1.29 is 19.0 Å². The number of alkyl halides is 2. The molecule has 1 amide bonds. The van der Waals surface area contributed by atoms with Crippen molar-refractivity contribution in [1.29, 1.82) is 0 Å². The summed E-state index contributed by atoms with van der Waals surface area (Å²) in [6, 6.07) is 5.82. The highest BCUT2D eigenvalue weighted by Crippen LogP contribution is 2.63. The first-order valence-electron chi connectivity index (χ1n) is 9.02. The number of hydrogen-bond donors (Lipinski definition) is 1. The van der Waals surface area contributed by atoms with Gasteiger partial charge in [0.15, 0.2) is 11.5 Å². The Balaban J connectivity index is 1.78. The normalized spacial score (nSPS) is 25.5. The predicted octanol–water partition coefficient (Wildman–Crippen LogP) is 2.78. The number of rotatable bonds is 7. The molecule has 1 aliphatic heterocycles. The van der Waals surface area contributed by atoms with E-state index in [0.717, 1.165) is 18.7 Å². The minimum atomic E-state index is -0.977.